The van der Waals surface area contributed by atoms with Gasteiger partial charge in [0.05, 0.1) is 17.3 Å². The molecule has 4 rings (SSSR count). The lowest BCUT2D eigenvalue weighted by Crippen LogP contribution is -2.31. The van der Waals surface area contributed by atoms with Crippen LogP contribution in [0.1, 0.15) is 35.6 Å². The third kappa shape index (κ3) is 3.36. The second-order valence-corrected chi connectivity index (χ2v) is 7.38. The summed E-state index contributed by atoms with van der Waals surface area (Å²) in [6.45, 7) is 4.04. The van der Waals surface area contributed by atoms with E-state index < -0.39 is 0 Å². The van der Waals surface area contributed by atoms with Gasteiger partial charge in [-0.15, -0.1) is 0 Å². The van der Waals surface area contributed by atoms with E-state index >= 15 is 0 Å². The second-order valence-electron chi connectivity index (χ2n) is 7.38. The molecule has 136 valence electrons. The molecule has 0 saturated carbocycles. The van der Waals surface area contributed by atoms with Crippen LogP contribution in [0.2, 0.25) is 0 Å². The number of nitriles is 1. The monoisotopic (exact) mass is 358 g/mol. The molecular weight excluding hydrogens is 336 g/mol. The Bertz CT molecular complexity index is 1030. The third-order valence-electron chi connectivity index (χ3n) is 5.32. The van der Waals surface area contributed by atoms with Gasteiger partial charge in [0.2, 0.25) is 0 Å². The highest BCUT2D eigenvalue weighted by Gasteiger charge is 2.20. The standard InChI is InChI=1S/C22H22N4O/c1-14-10-15(12-23)11-20(27)21(14)19-8-6-16-5-7-18(24-22(16)25-19)17-4-3-9-26(2)13-17/h5-8,10-11,17,27H,3-4,9,13H2,1-2H3. The quantitative estimate of drug-likeness (QED) is 0.750. The van der Waals surface area contributed by atoms with Gasteiger partial charge in [0.15, 0.2) is 5.65 Å². The van der Waals surface area contributed by atoms with Crippen LogP contribution in [-0.2, 0) is 0 Å². The zero-order chi connectivity index (χ0) is 19.0. The third-order valence-corrected chi connectivity index (χ3v) is 5.32. The molecule has 1 saturated heterocycles. The smallest absolute Gasteiger partial charge is 0.160 e. The van der Waals surface area contributed by atoms with E-state index in [9.17, 15) is 5.11 Å². The Morgan fingerprint density at radius 3 is 2.74 bits per heavy atom. The Morgan fingerprint density at radius 2 is 2.00 bits per heavy atom. The van der Waals surface area contributed by atoms with E-state index in [1.165, 1.54) is 12.5 Å². The van der Waals surface area contributed by atoms with Gasteiger partial charge in [0.1, 0.15) is 5.75 Å². The van der Waals surface area contributed by atoms with Crippen molar-refractivity contribution in [2.24, 2.45) is 0 Å². The van der Waals surface area contributed by atoms with Gasteiger partial charge in [0, 0.05) is 29.1 Å². The van der Waals surface area contributed by atoms with Crippen molar-refractivity contribution in [3.63, 3.8) is 0 Å². The van der Waals surface area contributed by atoms with Crippen molar-refractivity contribution in [1.29, 1.82) is 5.26 Å². The van der Waals surface area contributed by atoms with Crippen molar-refractivity contribution in [3.05, 3.63) is 53.2 Å². The van der Waals surface area contributed by atoms with Crippen LogP contribution >= 0.6 is 0 Å². The van der Waals surface area contributed by atoms with Crippen LogP contribution in [0.15, 0.2) is 36.4 Å². The fourth-order valence-corrected chi connectivity index (χ4v) is 3.95. The summed E-state index contributed by atoms with van der Waals surface area (Å²) >= 11 is 0. The molecule has 1 aliphatic rings. The van der Waals surface area contributed by atoms with Gasteiger partial charge < -0.3 is 10.0 Å². The molecule has 0 aliphatic carbocycles. The molecule has 5 heteroatoms. The molecule has 1 atom stereocenters. The molecule has 1 aliphatic heterocycles. The number of fused-ring (bicyclic) bond motifs is 1. The minimum Gasteiger partial charge on any atom is -0.507 e. The van der Waals surface area contributed by atoms with E-state index in [4.69, 9.17) is 15.2 Å². The van der Waals surface area contributed by atoms with Crippen LogP contribution in [0, 0.1) is 18.3 Å². The lowest BCUT2D eigenvalue weighted by atomic mass is 9.94. The first-order valence-electron chi connectivity index (χ1n) is 9.25. The summed E-state index contributed by atoms with van der Waals surface area (Å²) in [7, 11) is 2.15. The molecule has 27 heavy (non-hydrogen) atoms. The Kier molecular flexibility index (Phi) is 4.51. The van der Waals surface area contributed by atoms with Crippen LogP contribution in [-0.4, -0.2) is 40.1 Å². The van der Waals surface area contributed by atoms with Crippen LogP contribution < -0.4 is 0 Å². The molecule has 0 radical (unpaired) electrons. The molecule has 0 amide bonds. The highest BCUT2D eigenvalue weighted by Crippen LogP contribution is 2.33. The molecule has 1 N–H and O–H groups in total. The Balaban J connectivity index is 1.77. The molecule has 0 spiro atoms. The normalized spacial score (nSPS) is 17.7. The van der Waals surface area contributed by atoms with Crippen molar-refractivity contribution in [2.75, 3.05) is 20.1 Å². The largest absolute Gasteiger partial charge is 0.507 e. The summed E-state index contributed by atoms with van der Waals surface area (Å²) in [5.74, 6) is 0.507. The van der Waals surface area contributed by atoms with Crippen LogP contribution in [0.4, 0.5) is 0 Å². The van der Waals surface area contributed by atoms with Gasteiger partial charge in [-0.25, -0.2) is 9.97 Å². The van der Waals surface area contributed by atoms with Crippen LogP contribution in [0.25, 0.3) is 22.3 Å². The van der Waals surface area contributed by atoms with Crippen molar-refractivity contribution >= 4 is 11.0 Å². The zero-order valence-corrected chi connectivity index (χ0v) is 15.6. The molecule has 5 nitrogen and oxygen atoms in total. The van der Waals surface area contributed by atoms with E-state index in [2.05, 4.69) is 30.1 Å². The maximum Gasteiger partial charge on any atom is 0.160 e. The maximum absolute atomic E-state index is 10.4. The number of rotatable bonds is 2. The van der Waals surface area contributed by atoms with Gasteiger partial charge >= 0.3 is 0 Å². The van der Waals surface area contributed by atoms with Gasteiger partial charge in [0.25, 0.3) is 0 Å². The predicted octanol–water partition coefficient (Wildman–Crippen LogP) is 3.99. The van der Waals surface area contributed by atoms with Crippen LogP contribution in [0.3, 0.4) is 0 Å². The number of likely N-dealkylation sites (N-methyl/N-ethyl adjacent to an activating group) is 1. The first kappa shape index (κ1) is 17.4. The molecule has 3 heterocycles. The van der Waals surface area contributed by atoms with Crippen molar-refractivity contribution in [2.45, 2.75) is 25.7 Å². The van der Waals surface area contributed by atoms with E-state index in [1.807, 2.05) is 19.1 Å². The SMILES string of the molecule is Cc1cc(C#N)cc(O)c1-c1ccc2ccc(C3CCCN(C)C3)nc2n1. The number of aromatic nitrogens is 2. The average Bonchev–Trinajstić information content (AvgIpc) is 2.66. The van der Waals surface area contributed by atoms with E-state index in [-0.39, 0.29) is 5.75 Å². The first-order chi connectivity index (χ1) is 13.0. The van der Waals surface area contributed by atoms with Crippen LogP contribution in [0.5, 0.6) is 5.75 Å². The molecular formula is C22H22N4O. The highest BCUT2D eigenvalue weighted by molar-refractivity contribution is 5.81. The number of nitrogens with zero attached hydrogens (tertiary/aromatic N) is 4. The number of piperidine rings is 1. The number of hydrogen-bond donors (Lipinski definition) is 1. The Hall–Kier alpha value is -2.97. The number of benzene rings is 1. The summed E-state index contributed by atoms with van der Waals surface area (Å²) in [5.41, 5.74) is 4.37. The lowest BCUT2D eigenvalue weighted by molar-refractivity contribution is 0.248. The van der Waals surface area contributed by atoms with Crippen molar-refractivity contribution < 1.29 is 5.11 Å². The molecule has 3 aromatic rings. The Morgan fingerprint density at radius 1 is 1.19 bits per heavy atom. The van der Waals surface area contributed by atoms with E-state index in [1.54, 1.807) is 6.07 Å². The lowest BCUT2D eigenvalue weighted by Gasteiger charge is -2.29. The number of phenols is 1. The van der Waals surface area contributed by atoms with Gasteiger partial charge in [-0.1, -0.05) is 0 Å². The van der Waals surface area contributed by atoms with Gasteiger partial charge in [-0.05, 0) is 75.3 Å². The molecule has 1 fully saturated rings. The second kappa shape index (κ2) is 6.98. The summed E-state index contributed by atoms with van der Waals surface area (Å²) in [6, 6.07) is 13.4. The Labute approximate surface area is 158 Å². The van der Waals surface area contributed by atoms with Crippen molar-refractivity contribution in [1.82, 2.24) is 14.9 Å². The number of aryl methyl sites for hydroxylation is 1. The minimum absolute atomic E-state index is 0.0726. The summed E-state index contributed by atoms with van der Waals surface area (Å²) < 4.78 is 0. The molecule has 2 aromatic heterocycles. The number of likely N-dealkylation sites (tertiary alicyclic amines) is 1. The first-order valence-corrected chi connectivity index (χ1v) is 9.25. The van der Waals surface area contributed by atoms with Crippen molar-refractivity contribution in [3.8, 4) is 23.1 Å². The highest BCUT2D eigenvalue weighted by atomic mass is 16.3. The number of pyridine rings is 2. The maximum atomic E-state index is 10.4. The van der Waals surface area contributed by atoms with E-state index in [0.717, 1.165) is 36.2 Å². The number of hydrogen-bond acceptors (Lipinski definition) is 5. The topological polar surface area (TPSA) is 73.0 Å². The predicted molar refractivity (Wildman–Crippen MR) is 106 cm³/mol. The summed E-state index contributed by atoms with van der Waals surface area (Å²) in [4.78, 5) is 11.9. The summed E-state index contributed by atoms with van der Waals surface area (Å²) in [5, 5.41) is 20.5. The fourth-order valence-electron chi connectivity index (χ4n) is 3.95. The number of phenolic OH excluding ortho intramolecular Hbond substituents is 1. The molecule has 1 unspecified atom stereocenters. The van der Waals surface area contributed by atoms with Gasteiger partial charge in [-0.3, -0.25) is 0 Å². The van der Waals surface area contributed by atoms with E-state index in [0.29, 0.717) is 28.4 Å². The summed E-state index contributed by atoms with van der Waals surface area (Å²) in [6.07, 6.45) is 2.34. The number of aromatic hydroxyl groups is 1. The zero-order valence-electron chi connectivity index (χ0n) is 15.6. The average molecular weight is 358 g/mol. The minimum atomic E-state index is 0.0726. The van der Waals surface area contributed by atoms with Gasteiger partial charge in [-0.2, -0.15) is 5.26 Å². The molecule has 1 aromatic carbocycles. The molecule has 0 bridgehead atoms. The fraction of sp³-hybridized carbons (Fsp3) is 0.318.